The number of nitrogens with two attached hydrogens (primary N) is 1. The van der Waals surface area contributed by atoms with Gasteiger partial charge in [0.25, 0.3) is 0 Å². The minimum atomic E-state index is 0.110. The Labute approximate surface area is 93.2 Å². The molecule has 0 aromatic carbocycles. The van der Waals surface area contributed by atoms with Crippen molar-refractivity contribution in [2.45, 2.75) is 26.7 Å². The first-order valence-corrected chi connectivity index (χ1v) is 5.71. The number of amides is 1. The normalized spacial score (nSPS) is 11.1. The summed E-state index contributed by atoms with van der Waals surface area (Å²) < 4.78 is 0. The van der Waals surface area contributed by atoms with Gasteiger partial charge in [0.1, 0.15) is 0 Å². The van der Waals surface area contributed by atoms with Crippen molar-refractivity contribution in [2.75, 3.05) is 33.2 Å². The highest BCUT2D eigenvalue weighted by atomic mass is 16.2. The topological polar surface area (TPSA) is 58.4 Å². The largest absolute Gasteiger partial charge is 0.355 e. The molecule has 0 heterocycles. The molecule has 0 unspecified atom stereocenters. The summed E-state index contributed by atoms with van der Waals surface area (Å²) >= 11 is 0. The highest BCUT2D eigenvalue weighted by Crippen LogP contribution is 1.92. The molecule has 0 aromatic heterocycles. The summed E-state index contributed by atoms with van der Waals surface area (Å²) in [6, 6.07) is 0. The zero-order valence-corrected chi connectivity index (χ0v) is 10.3. The van der Waals surface area contributed by atoms with Crippen LogP contribution in [0.25, 0.3) is 0 Å². The van der Waals surface area contributed by atoms with Crippen molar-refractivity contribution in [3.05, 3.63) is 0 Å². The van der Waals surface area contributed by atoms with Crippen molar-refractivity contribution >= 4 is 5.91 Å². The van der Waals surface area contributed by atoms with E-state index in [0.717, 1.165) is 32.5 Å². The lowest BCUT2D eigenvalue weighted by atomic mass is 10.2. The highest BCUT2D eigenvalue weighted by molar-refractivity contribution is 5.77. The van der Waals surface area contributed by atoms with Gasteiger partial charge in [0.05, 0.1) is 6.54 Å². The van der Waals surface area contributed by atoms with Gasteiger partial charge in [-0.25, -0.2) is 0 Å². The molecule has 0 spiro atoms. The van der Waals surface area contributed by atoms with Gasteiger partial charge in [0.15, 0.2) is 0 Å². The molecule has 1 amide bonds. The molecule has 0 fully saturated rings. The van der Waals surface area contributed by atoms with Crippen LogP contribution >= 0.6 is 0 Å². The smallest absolute Gasteiger partial charge is 0.234 e. The minimum absolute atomic E-state index is 0.110. The van der Waals surface area contributed by atoms with E-state index >= 15 is 0 Å². The van der Waals surface area contributed by atoms with Crippen molar-refractivity contribution < 1.29 is 4.79 Å². The molecule has 0 rings (SSSR count). The Hall–Kier alpha value is -0.610. The fourth-order valence-electron chi connectivity index (χ4n) is 1.22. The number of hydrogen-bond donors (Lipinski definition) is 2. The van der Waals surface area contributed by atoms with Crippen LogP contribution in [0.1, 0.15) is 26.7 Å². The summed E-state index contributed by atoms with van der Waals surface area (Å²) in [6.45, 7) is 7.09. The van der Waals surface area contributed by atoms with E-state index in [9.17, 15) is 4.79 Å². The lowest BCUT2D eigenvalue weighted by Crippen LogP contribution is -2.37. The standard InChI is InChI=1S/C11H25N3O/c1-10(2)8-13-11(15)9-14(3)7-5-4-6-12/h10H,4-9,12H2,1-3H3,(H,13,15). The van der Waals surface area contributed by atoms with E-state index in [1.165, 1.54) is 0 Å². The van der Waals surface area contributed by atoms with Crippen LogP contribution in [0.2, 0.25) is 0 Å². The van der Waals surface area contributed by atoms with Crippen molar-refractivity contribution in [3.8, 4) is 0 Å². The van der Waals surface area contributed by atoms with Crippen LogP contribution in [0.4, 0.5) is 0 Å². The molecular weight excluding hydrogens is 190 g/mol. The van der Waals surface area contributed by atoms with Crippen LogP contribution in [0.5, 0.6) is 0 Å². The Morgan fingerprint density at radius 1 is 1.40 bits per heavy atom. The third-order valence-corrected chi connectivity index (χ3v) is 2.11. The number of carbonyl (C=O) groups excluding carboxylic acids is 1. The quantitative estimate of drug-likeness (QED) is 0.577. The maximum absolute atomic E-state index is 11.4. The number of carbonyl (C=O) groups is 1. The van der Waals surface area contributed by atoms with Crippen molar-refractivity contribution in [2.24, 2.45) is 11.7 Å². The van der Waals surface area contributed by atoms with Gasteiger partial charge in [0, 0.05) is 6.54 Å². The zero-order chi connectivity index (χ0) is 11.7. The third kappa shape index (κ3) is 9.69. The molecule has 0 aliphatic rings. The fourth-order valence-corrected chi connectivity index (χ4v) is 1.22. The maximum atomic E-state index is 11.4. The molecule has 15 heavy (non-hydrogen) atoms. The Balaban J connectivity index is 3.49. The van der Waals surface area contributed by atoms with Gasteiger partial charge >= 0.3 is 0 Å². The summed E-state index contributed by atoms with van der Waals surface area (Å²) in [4.78, 5) is 13.4. The van der Waals surface area contributed by atoms with E-state index in [-0.39, 0.29) is 5.91 Å². The third-order valence-electron chi connectivity index (χ3n) is 2.11. The van der Waals surface area contributed by atoms with E-state index in [1.54, 1.807) is 0 Å². The second-order valence-corrected chi connectivity index (χ2v) is 4.43. The number of nitrogens with zero attached hydrogens (tertiary/aromatic N) is 1. The van der Waals surface area contributed by atoms with Crippen molar-refractivity contribution in [1.29, 1.82) is 0 Å². The molecule has 0 saturated heterocycles. The summed E-state index contributed by atoms with van der Waals surface area (Å²) in [6.07, 6.45) is 2.09. The van der Waals surface area contributed by atoms with Crippen LogP contribution < -0.4 is 11.1 Å². The van der Waals surface area contributed by atoms with E-state index in [2.05, 4.69) is 19.2 Å². The van der Waals surface area contributed by atoms with E-state index in [1.807, 2.05) is 11.9 Å². The van der Waals surface area contributed by atoms with Crippen LogP contribution in [-0.4, -0.2) is 44.0 Å². The van der Waals surface area contributed by atoms with Crippen LogP contribution in [0.15, 0.2) is 0 Å². The predicted molar refractivity (Wildman–Crippen MR) is 63.6 cm³/mol. The molecule has 0 saturated carbocycles. The van der Waals surface area contributed by atoms with Gasteiger partial charge < -0.3 is 11.1 Å². The summed E-state index contributed by atoms with van der Waals surface area (Å²) in [5.74, 6) is 0.621. The van der Waals surface area contributed by atoms with Gasteiger partial charge in [-0.15, -0.1) is 0 Å². The average Bonchev–Trinajstić information content (AvgIpc) is 2.15. The molecule has 90 valence electrons. The first-order valence-electron chi connectivity index (χ1n) is 5.71. The fraction of sp³-hybridized carbons (Fsp3) is 0.909. The molecule has 0 atom stereocenters. The Morgan fingerprint density at radius 3 is 2.60 bits per heavy atom. The second kappa shape index (κ2) is 8.68. The molecule has 0 aromatic rings. The zero-order valence-electron chi connectivity index (χ0n) is 10.3. The van der Waals surface area contributed by atoms with E-state index in [4.69, 9.17) is 5.73 Å². The van der Waals surface area contributed by atoms with Gasteiger partial charge in [0.2, 0.25) is 5.91 Å². The first kappa shape index (κ1) is 14.4. The Morgan fingerprint density at radius 2 is 2.07 bits per heavy atom. The highest BCUT2D eigenvalue weighted by Gasteiger charge is 2.05. The number of hydrogen-bond acceptors (Lipinski definition) is 3. The first-order chi connectivity index (χ1) is 7.06. The van der Waals surface area contributed by atoms with E-state index < -0.39 is 0 Å². The molecule has 4 heteroatoms. The molecule has 0 bridgehead atoms. The Bertz CT molecular complexity index is 171. The predicted octanol–water partition coefficient (Wildman–Crippen LogP) is 0.429. The molecule has 0 aliphatic heterocycles. The van der Waals surface area contributed by atoms with Crippen LogP contribution in [-0.2, 0) is 4.79 Å². The van der Waals surface area contributed by atoms with Gasteiger partial charge in [-0.2, -0.15) is 0 Å². The van der Waals surface area contributed by atoms with Crippen LogP contribution in [0, 0.1) is 5.92 Å². The number of nitrogens with one attached hydrogen (secondary N) is 1. The van der Waals surface area contributed by atoms with Crippen molar-refractivity contribution in [3.63, 3.8) is 0 Å². The van der Waals surface area contributed by atoms with Gasteiger partial charge in [-0.05, 0) is 38.9 Å². The van der Waals surface area contributed by atoms with Crippen molar-refractivity contribution in [1.82, 2.24) is 10.2 Å². The van der Waals surface area contributed by atoms with Gasteiger partial charge in [-0.3, -0.25) is 9.69 Å². The molecule has 0 aliphatic carbocycles. The lowest BCUT2D eigenvalue weighted by molar-refractivity contribution is -0.122. The maximum Gasteiger partial charge on any atom is 0.234 e. The minimum Gasteiger partial charge on any atom is -0.355 e. The molecule has 0 radical (unpaired) electrons. The lowest BCUT2D eigenvalue weighted by Gasteiger charge is -2.16. The summed E-state index contributed by atoms with van der Waals surface area (Å²) in [7, 11) is 1.96. The van der Waals surface area contributed by atoms with Crippen LogP contribution in [0.3, 0.4) is 0 Å². The van der Waals surface area contributed by atoms with E-state index in [0.29, 0.717) is 12.5 Å². The monoisotopic (exact) mass is 215 g/mol. The summed E-state index contributed by atoms with van der Waals surface area (Å²) in [5.41, 5.74) is 5.40. The second-order valence-electron chi connectivity index (χ2n) is 4.43. The number of likely N-dealkylation sites (N-methyl/N-ethyl adjacent to an activating group) is 1. The SMILES string of the molecule is CC(C)CNC(=O)CN(C)CCCCN. The molecule has 3 N–H and O–H groups in total. The van der Waals surface area contributed by atoms with Gasteiger partial charge in [-0.1, -0.05) is 13.8 Å². The number of unbranched alkanes of at least 4 members (excludes halogenated alkanes) is 1. The summed E-state index contributed by atoms with van der Waals surface area (Å²) in [5, 5.41) is 2.90. The molecule has 4 nitrogen and oxygen atoms in total. The number of rotatable bonds is 8. The Kier molecular flexibility index (Phi) is 8.33. The molecular formula is C11H25N3O. The average molecular weight is 215 g/mol.